The third kappa shape index (κ3) is 1.95. The summed E-state index contributed by atoms with van der Waals surface area (Å²) in [6, 6.07) is 5.78. The number of rotatable bonds is 3. The number of nitrogens with two attached hydrogens (primary N) is 1. The molecule has 3 heteroatoms. The largest absolute Gasteiger partial charge is 0.493 e. The van der Waals surface area contributed by atoms with Gasteiger partial charge in [0.1, 0.15) is 5.75 Å². The number of ether oxygens (including phenoxy) is 1. The lowest BCUT2D eigenvalue weighted by atomic mass is 9.94. The fraction of sp³-hybridized carbons (Fsp3) is 0.462. The van der Waals surface area contributed by atoms with Crippen LogP contribution < -0.4 is 10.5 Å². The average Bonchev–Trinajstić information content (AvgIpc) is 2.36. The topological polar surface area (TPSA) is 52.3 Å². The molecule has 0 spiro atoms. The number of Topliss-reactive ketones (excluding diaryl/α,β-unsaturated/α-hetero) is 1. The van der Waals surface area contributed by atoms with Gasteiger partial charge in [0.05, 0.1) is 12.2 Å². The van der Waals surface area contributed by atoms with Gasteiger partial charge in [0.2, 0.25) is 0 Å². The number of carbonyl (C=O) groups is 1. The van der Waals surface area contributed by atoms with Crippen molar-refractivity contribution in [2.24, 2.45) is 11.7 Å². The molecular weight excluding hydrogens is 202 g/mol. The molecule has 1 aliphatic rings. The molecule has 2 rings (SSSR count). The summed E-state index contributed by atoms with van der Waals surface area (Å²) in [7, 11) is 0. The van der Waals surface area contributed by atoms with Crippen LogP contribution in [-0.4, -0.2) is 18.9 Å². The number of hydrogen-bond acceptors (Lipinski definition) is 3. The number of benzene rings is 1. The van der Waals surface area contributed by atoms with Gasteiger partial charge in [-0.2, -0.15) is 0 Å². The van der Waals surface area contributed by atoms with E-state index in [1.165, 1.54) is 0 Å². The summed E-state index contributed by atoms with van der Waals surface area (Å²) in [6.45, 7) is 2.93. The van der Waals surface area contributed by atoms with Crippen LogP contribution in [0.15, 0.2) is 18.2 Å². The van der Waals surface area contributed by atoms with Crippen LogP contribution in [-0.2, 0) is 6.42 Å². The third-order valence-electron chi connectivity index (χ3n) is 3.00. The van der Waals surface area contributed by atoms with Gasteiger partial charge in [0.25, 0.3) is 0 Å². The van der Waals surface area contributed by atoms with Gasteiger partial charge in [0.15, 0.2) is 5.78 Å². The number of fused-ring (bicyclic) bond motifs is 1. The van der Waals surface area contributed by atoms with Crippen LogP contribution in [0.2, 0.25) is 0 Å². The van der Waals surface area contributed by atoms with Crippen molar-refractivity contribution < 1.29 is 9.53 Å². The number of carbonyl (C=O) groups excluding carboxylic acids is 1. The van der Waals surface area contributed by atoms with Crippen LogP contribution >= 0.6 is 0 Å². The smallest absolute Gasteiger partial charge is 0.170 e. The highest BCUT2D eigenvalue weighted by molar-refractivity contribution is 6.00. The molecule has 0 saturated carbocycles. The number of aryl methyl sites for hydroxylation is 1. The summed E-state index contributed by atoms with van der Waals surface area (Å²) in [5.41, 5.74) is 7.35. The summed E-state index contributed by atoms with van der Waals surface area (Å²) in [5, 5.41) is 0. The summed E-state index contributed by atoms with van der Waals surface area (Å²) in [4.78, 5) is 12.1. The van der Waals surface area contributed by atoms with Crippen LogP contribution in [0.5, 0.6) is 5.75 Å². The first-order chi connectivity index (χ1) is 7.74. The van der Waals surface area contributed by atoms with Gasteiger partial charge in [-0.3, -0.25) is 4.79 Å². The van der Waals surface area contributed by atoms with Crippen LogP contribution in [0.3, 0.4) is 0 Å². The van der Waals surface area contributed by atoms with Crippen LogP contribution in [0, 0.1) is 5.92 Å². The first kappa shape index (κ1) is 11.1. The molecule has 16 heavy (non-hydrogen) atoms. The molecule has 1 heterocycles. The maximum Gasteiger partial charge on any atom is 0.170 e. The first-order valence-corrected chi connectivity index (χ1v) is 5.73. The van der Waals surface area contributed by atoms with Crippen molar-refractivity contribution in [1.29, 1.82) is 0 Å². The van der Waals surface area contributed by atoms with E-state index >= 15 is 0 Å². The minimum Gasteiger partial charge on any atom is -0.493 e. The maximum absolute atomic E-state index is 12.1. The van der Waals surface area contributed by atoms with Crippen LogP contribution in [0.1, 0.15) is 29.3 Å². The zero-order chi connectivity index (χ0) is 11.5. The summed E-state index contributed by atoms with van der Waals surface area (Å²) >= 11 is 0. The predicted molar refractivity (Wildman–Crippen MR) is 62.8 cm³/mol. The van der Waals surface area contributed by atoms with Gasteiger partial charge < -0.3 is 10.5 Å². The molecule has 2 N–H and O–H groups in total. The van der Waals surface area contributed by atoms with E-state index in [1.54, 1.807) is 0 Å². The highest BCUT2D eigenvalue weighted by Crippen LogP contribution is 2.30. The van der Waals surface area contributed by atoms with Crippen molar-refractivity contribution in [3.63, 3.8) is 0 Å². The van der Waals surface area contributed by atoms with E-state index in [4.69, 9.17) is 10.5 Å². The Labute approximate surface area is 95.6 Å². The van der Waals surface area contributed by atoms with Gasteiger partial charge in [-0.1, -0.05) is 19.1 Å². The second-order valence-corrected chi connectivity index (χ2v) is 4.25. The normalized spacial score (nSPS) is 16.1. The van der Waals surface area contributed by atoms with Gasteiger partial charge in [-0.25, -0.2) is 0 Å². The molecule has 0 bridgehead atoms. The zero-order valence-electron chi connectivity index (χ0n) is 9.53. The fourth-order valence-corrected chi connectivity index (χ4v) is 1.96. The molecule has 1 aromatic rings. The summed E-state index contributed by atoms with van der Waals surface area (Å²) in [6.07, 6.45) is 2.02. The Balaban J connectivity index is 2.37. The van der Waals surface area contributed by atoms with Crippen LogP contribution in [0.25, 0.3) is 0 Å². The third-order valence-corrected chi connectivity index (χ3v) is 3.00. The summed E-state index contributed by atoms with van der Waals surface area (Å²) < 4.78 is 5.61. The highest BCUT2D eigenvalue weighted by atomic mass is 16.5. The van der Waals surface area contributed by atoms with Crippen LogP contribution in [0.4, 0.5) is 0 Å². The SMILES string of the molecule is CC(CN)C(=O)c1cccc2c1OCCC2. The van der Waals surface area contributed by atoms with Crippen molar-refractivity contribution in [3.8, 4) is 5.75 Å². The standard InChI is InChI=1S/C13H17NO2/c1-9(8-14)12(15)11-6-2-4-10-5-3-7-16-13(10)11/h2,4,6,9H,3,5,7-8,14H2,1H3. The Kier molecular flexibility index (Phi) is 3.25. The van der Waals surface area contributed by atoms with E-state index in [1.807, 2.05) is 25.1 Å². The van der Waals surface area contributed by atoms with E-state index in [-0.39, 0.29) is 11.7 Å². The Morgan fingerprint density at radius 3 is 3.12 bits per heavy atom. The van der Waals surface area contributed by atoms with E-state index in [0.29, 0.717) is 18.7 Å². The second kappa shape index (κ2) is 4.66. The molecule has 0 fully saturated rings. The molecule has 0 aromatic heterocycles. The molecule has 1 unspecified atom stereocenters. The molecule has 0 aliphatic carbocycles. The molecule has 0 radical (unpaired) electrons. The maximum atomic E-state index is 12.1. The van der Waals surface area contributed by atoms with Crippen molar-refractivity contribution in [1.82, 2.24) is 0 Å². The lowest BCUT2D eigenvalue weighted by Crippen LogP contribution is -2.22. The van der Waals surface area contributed by atoms with Crippen molar-refractivity contribution >= 4 is 5.78 Å². The van der Waals surface area contributed by atoms with Gasteiger partial charge >= 0.3 is 0 Å². The number of para-hydroxylation sites is 1. The lowest BCUT2D eigenvalue weighted by Gasteiger charge is -2.20. The number of ketones is 1. The van der Waals surface area contributed by atoms with Crippen molar-refractivity contribution in [2.45, 2.75) is 19.8 Å². The van der Waals surface area contributed by atoms with E-state index < -0.39 is 0 Å². The van der Waals surface area contributed by atoms with E-state index in [0.717, 1.165) is 24.2 Å². The molecule has 0 amide bonds. The van der Waals surface area contributed by atoms with Crippen molar-refractivity contribution in [3.05, 3.63) is 29.3 Å². The molecular formula is C13H17NO2. The quantitative estimate of drug-likeness (QED) is 0.788. The minimum absolute atomic E-state index is 0.0845. The second-order valence-electron chi connectivity index (χ2n) is 4.25. The monoisotopic (exact) mass is 219 g/mol. The van der Waals surface area contributed by atoms with E-state index in [9.17, 15) is 4.79 Å². The highest BCUT2D eigenvalue weighted by Gasteiger charge is 2.21. The Bertz CT molecular complexity index is 401. The van der Waals surface area contributed by atoms with Crippen molar-refractivity contribution in [2.75, 3.05) is 13.2 Å². The first-order valence-electron chi connectivity index (χ1n) is 5.73. The minimum atomic E-state index is -0.142. The molecule has 0 saturated heterocycles. The molecule has 1 aliphatic heterocycles. The molecule has 3 nitrogen and oxygen atoms in total. The Morgan fingerprint density at radius 2 is 2.38 bits per heavy atom. The Morgan fingerprint density at radius 1 is 1.56 bits per heavy atom. The lowest BCUT2D eigenvalue weighted by molar-refractivity contribution is 0.0929. The molecule has 1 atom stereocenters. The zero-order valence-corrected chi connectivity index (χ0v) is 9.53. The van der Waals surface area contributed by atoms with Gasteiger partial charge in [-0.15, -0.1) is 0 Å². The fourth-order valence-electron chi connectivity index (χ4n) is 1.96. The number of hydrogen-bond donors (Lipinski definition) is 1. The van der Waals surface area contributed by atoms with Gasteiger partial charge in [-0.05, 0) is 24.5 Å². The predicted octanol–water partition coefficient (Wildman–Crippen LogP) is 1.79. The van der Waals surface area contributed by atoms with Gasteiger partial charge in [0, 0.05) is 12.5 Å². The summed E-state index contributed by atoms with van der Waals surface area (Å²) in [5.74, 6) is 0.720. The molecule has 86 valence electrons. The Hall–Kier alpha value is -1.35. The molecule has 1 aromatic carbocycles. The average molecular weight is 219 g/mol. The van der Waals surface area contributed by atoms with E-state index in [2.05, 4.69) is 0 Å².